The van der Waals surface area contributed by atoms with Crippen molar-refractivity contribution < 1.29 is 24.1 Å². The number of carbonyl (C=O) groups excluding carboxylic acids is 1. The molecule has 0 aliphatic carbocycles. The van der Waals surface area contributed by atoms with Gasteiger partial charge in [0.2, 0.25) is 5.91 Å². The molecule has 23 heavy (non-hydrogen) atoms. The van der Waals surface area contributed by atoms with E-state index in [4.69, 9.17) is 14.2 Å². The average molecular weight is 327 g/mol. The van der Waals surface area contributed by atoms with E-state index in [2.05, 4.69) is 0 Å². The Morgan fingerprint density at radius 3 is 2.57 bits per heavy atom. The second-order valence-electron chi connectivity index (χ2n) is 7.08. The number of aliphatic hydroxyl groups excluding tert-OH is 1. The second-order valence-corrected chi connectivity index (χ2v) is 7.08. The van der Waals surface area contributed by atoms with Gasteiger partial charge in [-0.3, -0.25) is 4.79 Å². The van der Waals surface area contributed by atoms with Crippen LogP contribution in [0.5, 0.6) is 0 Å². The highest BCUT2D eigenvalue weighted by molar-refractivity contribution is 5.90. The molecular formula is C17H29NO5. The maximum absolute atomic E-state index is 12.5. The molecule has 1 amide bonds. The van der Waals surface area contributed by atoms with E-state index in [1.807, 2.05) is 11.8 Å². The predicted molar refractivity (Wildman–Crippen MR) is 83.6 cm³/mol. The number of β-lactam (4-membered cyclic amide) rings is 1. The fourth-order valence-electron chi connectivity index (χ4n) is 3.88. The van der Waals surface area contributed by atoms with Crippen molar-refractivity contribution in [3.63, 3.8) is 0 Å². The van der Waals surface area contributed by atoms with Crippen LogP contribution in [0.15, 0.2) is 0 Å². The molecule has 0 spiro atoms. The quantitative estimate of drug-likeness (QED) is 0.752. The molecule has 3 heterocycles. The van der Waals surface area contributed by atoms with Gasteiger partial charge in [-0.1, -0.05) is 0 Å². The maximum atomic E-state index is 12.5. The van der Waals surface area contributed by atoms with Gasteiger partial charge in [0.25, 0.3) is 0 Å². The Morgan fingerprint density at radius 1 is 1.22 bits per heavy atom. The van der Waals surface area contributed by atoms with Gasteiger partial charge in [0.15, 0.2) is 6.29 Å². The zero-order valence-electron chi connectivity index (χ0n) is 14.0. The number of nitrogens with zero attached hydrogens (tertiary/aromatic N) is 1. The van der Waals surface area contributed by atoms with Crippen molar-refractivity contribution in [3.8, 4) is 0 Å². The number of likely N-dealkylation sites (tertiary alicyclic amines) is 1. The first-order chi connectivity index (χ1) is 11.2. The fraction of sp³-hybridized carbons (Fsp3) is 0.941. The number of hydrogen-bond donors (Lipinski definition) is 1. The summed E-state index contributed by atoms with van der Waals surface area (Å²) in [6.07, 6.45) is 6.68. The Hall–Kier alpha value is -0.690. The van der Waals surface area contributed by atoms with Crippen molar-refractivity contribution >= 4 is 5.91 Å². The first-order valence-corrected chi connectivity index (χ1v) is 8.95. The summed E-state index contributed by atoms with van der Waals surface area (Å²) in [5, 5.41) is 9.70. The molecule has 0 saturated carbocycles. The van der Waals surface area contributed by atoms with Crippen molar-refractivity contribution in [2.24, 2.45) is 5.41 Å². The minimum atomic E-state index is -0.697. The van der Waals surface area contributed by atoms with Crippen LogP contribution in [-0.4, -0.2) is 60.9 Å². The molecule has 6 nitrogen and oxygen atoms in total. The van der Waals surface area contributed by atoms with E-state index in [1.165, 1.54) is 0 Å². The molecule has 0 radical (unpaired) electrons. The van der Waals surface area contributed by atoms with Gasteiger partial charge in [0, 0.05) is 13.2 Å². The lowest BCUT2D eigenvalue weighted by Gasteiger charge is -2.57. The van der Waals surface area contributed by atoms with Crippen molar-refractivity contribution in [1.82, 2.24) is 4.90 Å². The largest absolute Gasteiger partial charge is 0.395 e. The third-order valence-electron chi connectivity index (χ3n) is 5.42. The smallest absolute Gasteiger partial charge is 0.235 e. The molecule has 132 valence electrons. The lowest BCUT2D eigenvalue weighted by molar-refractivity contribution is -0.215. The third-order valence-corrected chi connectivity index (χ3v) is 5.42. The van der Waals surface area contributed by atoms with Gasteiger partial charge in [-0.2, -0.15) is 0 Å². The summed E-state index contributed by atoms with van der Waals surface area (Å²) < 4.78 is 17.2. The van der Waals surface area contributed by atoms with Gasteiger partial charge in [-0.15, -0.1) is 0 Å². The Bertz CT molecular complexity index is 406. The summed E-state index contributed by atoms with van der Waals surface area (Å²) in [4.78, 5) is 14.3. The molecule has 4 atom stereocenters. The number of carbonyl (C=O) groups is 1. The highest BCUT2D eigenvalue weighted by atomic mass is 16.7. The monoisotopic (exact) mass is 327 g/mol. The van der Waals surface area contributed by atoms with Crippen molar-refractivity contribution in [1.29, 1.82) is 0 Å². The van der Waals surface area contributed by atoms with Crippen LogP contribution in [0.25, 0.3) is 0 Å². The number of rotatable bonds is 6. The van der Waals surface area contributed by atoms with Gasteiger partial charge in [-0.05, 0) is 51.9 Å². The molecule has 3 saturated heterocycles. The van der Waals surface area contributed by atoms with E-state index < -0.39 is 5.41 Å². The zero-order valence-corrected chi connectivity index (χ0v) is 14.0. The van der Waals surface area contributed by atoms with Crippen molar-refractivity contribution in [3.05, 3.63) is 0 Å². The number of ether oxygens (including phenoxy) is 3. The van der Waals surface area contributed by atoms with Gasteiger partial charge in [-0.25, -0.2) is 0 Å². The molecule has 0 aromatic carbocycles. The molecule has 3 aliphatic heterocycles. The minimum absolute atomic E-state index is 0.00539. The van der Waals surface area contributed by atoms with Crippen LogP contribution in [0.4, 0.5) is 0 Å². The Balaban J connectivity index is 1.55. The standard InChI is InChI=1S/C17H29NO5/c1-17(12-19)13(8-11-23-15-7-3-5-10-22-15)18(16(17)20)14-6-2-4-9-21-14/h13-15,19H,2-12H2,1H3. The number of aliphatic hydroxyl groups is 1. The van der Waals surface area contributed by atoms with Crippen LogP contribution < -0.4 is 0 Å². The van der Waals surface area contributed by atoms with Crippen molar-refractivity contribution in [2.45, 2.75) is 70.4 Å². The second kappa shape index (κ2) is 7.47. The molecule has 0 aromatic rings. The number of amides is 1. The molecule has 4 unspecified atom stereocenters. The Labute approximate surface area is 138 Å². The van der Waals surface area contributed by atoms with Gasteiger partial charge in [0.05, 0.1) is 24.7 Å². The van der Waals surface area contributed by atoms with E-state index in [-0.39, 0.29) is 31.1 Å². The SMILES string of the molecule is CC1(CO)C(=O)N(C2CCCCO2)C1CCOC1CCCCO1. The van der Waals surface area contributed by atoms with E-state index in [9.17, 15) is 9.90 Å². The highest BCUT2D eigenvalue weighted by Gasteiger charge is 2.59. The Kier molecular flexibility index (Phi) is 5.57. The summed E-state index contributed by atoms with van der Waals surface area (Å²) in [6.45, 7) is 3.74. The van der Waals surface area contributed by atoms with Crippen LogP contribution >= 0.6 is 0 Å². The first kappa shape index (κ1) is 17.1. The van der Waals surface area contributed by atoms with Crippen LogP contribution in [0.2, 0.25) is 0 Å². The van der Waals surface area contributed by atoms with Gasteiger partial charge < -0.3 is 24.2 Å². The summed E-state index contributed by atoms with van der Waals surface area (Å²) in [6, 6.07) is -0.0216. The average Bonchev–Trinajstić information content (AvgIpc) is 2.61. The van der Waals surface area contributed by atoms with Crippen LogP contribution in [0.1, 0.15) is 51.9 Å². The minimum Gasteiger partial charge on any atom is -0.395 e. The molecule has 1 N–H and O–H groups in total. The summed E-state index contributed by atoms with van der Waals surface area (Å²) in [7, 11) is 0. The zero-order chi connectivity index (χ0) is 16.3. The molecular weight excluding hydrogens is 298 g/mol. The van der Waals surface area contributed by atoms with Gasteiger partial charge >= 0.3 is 0 Å². The summed E-state index contributed by atoms with van der Waals surface area (Å²) >= 11 is 0. The summed E-state index contributed by atoms with van der Waals surface area (Å²) in [5.41, 5.74) is -0.697. The number of hydrogen-bond acceptors (Lipinski definition) is 5. The first-order valence-electron chi connectivity index (χ1n) is 8.95. The molecule has 3 fully saturated rings. The van der Waals surface area contributed by atoms with Crippen LogP contribution in [0.3, 0.4) is 0 Å². The molecule has 0 aromatic heterocycles. The predicted octanol–water partition coefficient (Wildman–Crippen LogP) is 1.66. The molecule has 3 aliphatic rings. The van der Waals surface area contributed by atoms with Crippen molar-refractivity contribution in [2.75, 3.05) is 26.4 Å². The summed E-state index contributed by atoms with van der Waals surface area (Å²) in [5.74, 6) is 0.00539. The fourth-order valence-corrected chi connectivity index (χ4v) is 3.88. The van der Waals surface area contributed by atoms with E-state index >= 15 is 0 Å². The molecule has 6 heteroatoms. The van der Waals surface area contributed by atoms with Crippen LogP contribution in [0, 0.1) is 5.41 Å². The lowest BCUT2D eigenvalue weighted by Crippen LogP contribution is -2.72. The topological polar surface area (TPSA) is 68.2 Å². The third kappa shape index (κ3) is 3.40. The van der Waals surface area contributed by atoms with E-state index in [1.54, 1.807) is 0 Å². The highest BCUT2D eigenvalue weighted by Crippen LogP contribution is 2.43. The molecule has 0 bridgehead atoms. The maximum Gasteiger partial charge on any atom is 0.235 e. The normalized spacial score (nSPS) is 38.4. The van der Waals surface area contributed by atoms with Gasteiger partial charge in [0.1, 0.15) is 6.23 Å². The van der Waals surface area contributed by atoms with E-state index in [0.29, 0.717) is 19.6 Å². The Morgan fingerprint density at radius 2 is 1.96 bits per heavy atom. The lowest BCUT2D eigenvalue weighted by atomic mass is 9.71. The molecule has 3 rings (SSSR count). The van der Waals surface area contributed by atoms with E-state index in [0.717, 1.165) is 45.1 Å². The van der Waals surface area contributed by atoms with Crippen LogP contribution in [-0.2, 0) is 19.0 Å².